The average molecular weight is 327 g/mol. The Hall–Kier alpha value is -0.370. The van der Waals surface area contributed by atoms with Crippen LogP contribution in [0.1, 0.15) is 12.5 Å². The molecule has 0 unspecified atom stereocenters. The molecule has 19 heavy (non-hydrogen) atoms. The Bertz CT molecular complexity index is 535. The Morgan fingerprint density at radius 1 is 1.37 bits per heavy atom. The molecule has 0 saturated carbocycles. The maximum absolute atomic E-state index is 12.1. The Balaban J connectivity index is 2.98. The minimum Gasteiger partial charge on any atom is -0.380 e. The van der Waals surface area contributed by atoms with Gasteiger partial charge in [-0.3, -0.25) is 0 Å². The number of benzene rings is 1. The van der Waals surface area contributed by atoms with Crippen LogP contribution in [0.4, 0.5) is 0 Å². The van der Waals surface area contributed by atoms with Crippen LogP contribution in [0.3, 0.4) is 0 Å². The Labute approximate surface area is 123 Å². The summed E-state index contributed by atoms with van der Waals surface area (Å²) in [5.74, 6) is 0. The van der Waals surface area contributed by atoms with E-state index in [1.165, 1.54) is 6.07 Å². The van der Waals surface area contributed by atoms with Gasteiger partial charge < -0.3 is 10.5 Å². The van der Waals surface area contributed by atoms with E-state index in [2.05, 4.69) is 4.72 Å². The first kappa shape index (κ1) is 16.7. The van der Waals surface area contributed by atoms with Crippen molar-refractivity contribution in [3.05, 3.63) is 27.7 Å². The zero-order valence-corrected chi connectivity index (χ0v) is 12.8. The summed E-state index contributed by atoms with van der Waals surface area (Å²) in [7, 11) is -3.73. The van der Waals surface area contributed by atoms with Crippen molar-refractivity contribution in [3.8, 4) is 0 Å². The zero-order valence-electron chi connectivity index (χ0n) is 10.4. The van der Waals surface area contributed by atoms with Gasteiger partial charge in [0.05, 0.1) is 11.6 Å². The number of hydrogen-bond acceptors (Lipinski definition) is 4. The van der Waals surface area contributed by atoms with Gasteiger partial charge in [0.2, 0.25) is 10.0 Å². The van der Waals surface area contributed by atoms with E-state index in [0.29, 0.717) is 12.2 Å². The second-order valence-corrected chi connectivity index (χ2v) is 6.23. The molecule has 0 atom stereocenters. The Kier molecular flexibility index (Phi) is 6.52. The fourth-order valence-electron chi connectivity index (χ4n) is 1.43. The minimum atomic E-state index is -3.73. The summed E-state index contributed by atoms with van der Waals surface area (Å²) in [5.41, 5.74) is 5.98. The van der Waals surface area contributed by atoms with Crippen LogP contribution >= 0.6 is 23.2 Å². The van der Waals surface area contributed by atoms with E-state index in [1.807, 2.05) is 6.92 Å². The highest BCUT2D eigenvalue weighted by Gasteiger charge is 2.20. The van der Waals surface area contributed by atoms with E-state index in [0.717, 1.165) is 0 Å². The normalized spacial score (nSPS) is 11.8. The highest BCUT2D eigenvalue weighted by molar-refractivity contribution is 7.89. The molecule has 1 aromatic carbocycles. The Morgan fingerprint density at radius 2 is 2.05 bits per heavy atom. The van der Waals surface area contributed by atoms with E-state index in [4.69, 9.17) is 33.7 Å². The SMILES string of the molecule is CCOCCNS(=O)(=O)c1cc(Cl)cc(CN)c1Cl. The standard InChI is InChI=1S/C11H16Cl2N2O3S/c1-2-18-4-3-15-19(16,17)10-6-9(12)5-8(7-14)11(10)13/h5-6,15H,2-4,7,14H2,1H3. The average Bonchev–Trinajstić information content (AvgIpc) is 2.37. The van der Waals surface area contributed by atoms with Crippen LogP contribution in [-0.2, 0) is 21.3 Å². The third kappa shape index (κ3) is 4.59. The summed E-state index contributed by atoms with van der Waals surface area (Å²) >= 11 is 11.9. The highest BCUT2D eigenvalue weighted by Crippen LogP contribution is 2.29. The van der Waals surface area contributed by atoms with Gasteiger partial charge in [-0.1, -0.05) is 23.2 Å². The van der Waals surface area contributed by atoms with Crippen molar-refractivity contribution in [3.63, 3.8) is 0 Å². The highest BCUT2D eigenvalue weighted by atomic mass is 35.5. The lowest BCUT2D eigenvalue weighted by Crippen LogP contribution is -2.28. The summed E-state index contributed by atoms with van der Waals surface area (Å²) < 4.78 is 31.6. The number of ether oxygens (including phenoxy) is 1. The first-order valence-corrected chi connectivity index (χ1v) is 7.91. The molecule has 0 aromatic heterocycles. The van der Waals surface area contributed by atoms with Crippen LogP contribution in [0.25, 0.3) is 0 Å². The second kappa shape index (κ2) is 7.42. The van der Waals surface area contributed by atoms with Crippen molar-refractivity contribution in [1.29, 1.82) is 0 Å². The van der Waals surface area contributed by atoms with Gasteiger partial charge >= 0.3 is 0 Å². The molecule has 108 valence electrons. The van der Waals surface area contributed by atoms with Crippen LogP contribution in [0, 0.1) is 0 Å². The van der Waals surface area contributed by atoms with E-state index < -0.39 is 10.0 Å². The molecule has 0 bridgehead atoms. The fraction of sp³-hybridized carbons (Fsp3) is 0.455. The van der Waals surface area contributed by atoms with Crippen molar-refractivity contribution >= 4 is 33.2 Å². The first-order chi connectivity index (χ1) is 8.92. The summed E-state index contributed by atoms with van der Waals surface area (Å²) in [5, 5.41) is 0.367. The predicted octanol–water partition coefficient (Wildman–Crippen LogP) is 1.77. The van der Waals surface area contributed by atoms with Crippen LogP contribution < -0.4 is 10.5 Å². The number of nitrogens with two attached hydrogens (primary N) is 1. The number of hydrogen-bond donors (Lipinski definition) is 2. The lowest BCUT2D eigenvalue weighted by atomic mass is 10.2. The van der Waals surface area contributed by atoms with Crippen molar-refractivity contribution < 1.29 is 13.2 Å². The largest absolute Gasteiger partial charge is 0.380 e. The number of rotatable bonds is 7. The maximum Gasteiger partial charge on any atom is 0.242 e. The van der Waals surface area contributed by atoms with Gasteiger partial charge in [-0.05, 0) is 24.6 Å². The molecule has 0 saturated heterocycles. The third-order valence-corrected chi connectivity index (χ3v) is 4.59. The topological polar surface area (TPSA) is 81.4 Å². The van der Waals surface area contributed by atoms with Crippen molar-refractivity contribution in [2.45, 2.75) is 18.4 Å². The Morgan fingerprint density at radius 3 is 2.63 bits per heavy atom. The minimum absolute atomic E-state index is 0.0707. The molecule has 3 N–H and O–H groups in total. The summed E-state index contributed by atoms with van der Waals surface area (Å²) in [4.78, 5) is -0.0707. The van der Waals surface area contributed by atoms with Gasteiger partial charge in [-0.2, -0.15) is 0 Å². The third-order valence-electron chi connectivity index (χ3n) is 2.33. The van der Waals surface area contributed by atoms with Crippen LogP contribution in [-0.4, -0.2) is 28.2 Å². The summed E-state index contributed by atoms with van der Waals surface area (Å²) in [6.07, 6.45) is 0. The van der Waals surface area contributed by atoms with E-state index >= 15 is 0 Å². The molecule has 0 aliphatic rings. The summed E-state index contributed by atoms with van der Waals surface area (Å²) in [6, 6.07) is 2.84. The van der Waals surface area contributed by atoms with Crippen molar-refractivity contribution in [2.24, 2.45) is 5.73 Å². The van der Waals surface area contributed by atoms with Gasteiger partial charge in [0.25, 0.3) is 0 Å². The number of nitrogens with one attached hydrogen (secondary N) is 1. The van der Waals surface area contributed by atoms with Crippen molar-refractivity contribution in [2.75, 3.05) is 19.8 Å². The lowest BCUT2D eigenvalue weighted by Gasteiger charge is -2.11. The van der Waals surface area contributed by atoms with E-state index in [-0.39, 0.29) is 34.6 Å². The van der Waals surface area contributed by atoms with E-state index in [9.17, 15) is 8.42 Å². The smallest absolute Gasteiger partial charge is 0.242 e. The maximum atomic E-state index is 12.1. The van der Waals surface area contributed by atoms with E-state index in [1.54, 1.807) is 6.07 Å². The zero-order chi connectivity index (χ0) is 14.5. The van der Waals surface area contributed by atoms with Crippen LogP contribution in [0.15, 0.2) is 17.0 Å². The van der Waals surface area contributed by atoms with Gasteiger partial charge in [0.1, 0.15) is 4.90 Å². The molecular weight excluding hydrogens is 311 g/mol. The molecule has 0 aliphatic heterocycles. The van der Waals surface area contributed by atoms with Gasteiger partial charge in [-0.15, -0.1) is 0 Å². The first-order valence-electron chi connectivity index (χ1n) is 5.67. The molecule has 0 radical (unpaired) electrons. The molecule has 8 heteroatoms. The monoisotopic (exact) mass is 326 g/mol. The van der Waals surface area contributed by atoms with Gasteiger partial charge in [-0.25, -0.2) is 13.1 Å². The fourth-order valence-corrected chi connectivity index (χ4v) is 3.39. The second-order valence-electron chi connectivity index (χ2n) is 3.68. The number of halogens is 2. The molecule has 0 heterocycles. The molecule has 1 aromatic rings. The van der Waals surface area contributed by atoms with Gasteiger partial charge in [0.15, 0.2) is 0 Å². The molecular formula is C11H16Cl2N2O3S. The van der Waals surface area contributed by atoms with Crippen LogP contribution in [0.2, 0.25) is 10.0 Å². The predicted molar refractivity (Wildman–Crippen MR) is 76.0 cm³/mol. The van der Waals surface area contributed by atoms with Gasteiger partial charge in [0, 0.05) is 24.7 Å². The molecule has 0 amide bonds. The summed E-state index contributed by atoms with van der Waals surface area (Å²) in [6.45, 7) is 2.92. The quantitative estimate of drug-likeness (QED) is 0.748. The molecule has 5 nitrogen and oxygen atoms in total. The number of sulfonamides is 1. The molecule has 1 rings (SSSR count). The van der Waals surface area contributed by atoms with Crippen molar-refractivity contribution in [1.82, 2.24) is 4.72 Å². The molecule has 0 spiro atoms. The molecule has 0 fully saturated rings. The lowest BCUT2D eigenvalue weighted by molar-refractivity contribution is 0.153. The molecule has 0 aliphatic carbocycles. The van der Waals surface area contributed by atoms with Crippen LogP contribution in [0.5, 0.6) is 0 Å².